The zero-order valence-corrected chi connectivity index (χ0v) is 14.6. The van der Waals surface area contributed by atoms with Crippen LogP contribution < -0.4 is 5.32 Å². The van der Waals surface area contributed by atoms with Crippen molar-refractivity contribution in [1.29, 1.82) is 0 Å². The highest BCUT2D eigenvalue weighted by Gasteiger charge is 2.51. The summed E-state index contributed by atoms with van der Waals surface area (Å²) < 4.78 is 0. The van der Waals surface area contributed by atoms with Crippen LogP contribution >= 0.6 is 0 Å². The summed E-state index contributed by atoms with van der Waals surface area (Å²) >= 11 is 0. The van der Waals surface area contributed by atoms with E-state index in [-0.39, 0.29) is 25.9 Å². The number of hydrogen-bond donors (Lipinski definition) is 1. The van der Waals surface area contributed by atoms with Crippen LogP contribution in [0.1, 0.15) is 47.4 Å². The lowest BCUT2D eigenvalue weighted by atomic mass is 9.78. The molecule has 0 aliphatic carbocycles. The van der Waals surface area contributed by atoms with E-state index in [2.05, 4.69) is 5.32 Å². The summed E-state index contributed by atoms with van der Waals surface area (Å²) in [6.07, 6.45) is 0.510. The Morgan fingerprint density at radius 1 is 0.846 bits per heavy atom. The smallest absolute Gasteiger partial charge is 0.277 e. The molecule has 6 amide bonds. The predicted octanol–water partition coefficient (Wildman–Crippen LogP) is 1.17. The molecule has 2 aliphatic heterocycles. The van der Waals surface area contributed by atoms with Crippen molar-refractivity contribution in [3.63, 3.8) is 0 Å². The third-order valence-corrected chi connectivity index (χ3v) is 5.19. The normalized spacial score (nSPS) is 19.1. The first-order valence-corrected chi connectivity index (χ1v) is 8.50. The number of urea groups is 1. The molecule has 1 N–H and O–H groups in total. The fourth-order valence-corrected chi connectivity index (χ4v) is 3.45. The number of amides is 6. The van der Waals surface area contributed by atoms with Gasteiger partial charge < -0.3 is 0 Å². The standard InChI is InChI=1S/C18H19N3O5/c1-3-18(4-2)15(24)19-17(26)21(16(18)25)10-9-20-13(22)11-7-5-6-8-12(11)14(20)23/h5-8H,3-4,9-10H2,1-2H3,(H,19,24,26). The molecule has 0 bridgehead atoms. The molecule has 0 unspecified atom stereocenters. The van der Waals surface area contributed by atoms with Crippen LogP contribution in [0.15, 0.2) is 24.3 Å². The Labute approximate surface area is 150 Å². The van der Waals surface area contributed by atoms with Crippen molar-refractivity contribution >= 4 is 29.7 Å². The van der Waals surface area contributed by atoms with Gasteiger partial charge in [-0.25, -0.2) is 4.79 Å². The minimum absolute atomic E-state index is 0.122. The monoisotopic (exact) mass is 357 g/mol. The molecule has 136 valence electrons. The zero-order valence-electron chi connectivity index (χ0n) is 14.6. The van der Waals surface area contributed by atoms with Crippen molar-refractivity contribution in [3.8, 4) is 0 Å². The van der Waals surface area contributed by atoms with E-state index in [1.54, 1.807) is 38.1 Å². The number of carbonyl (C=O) groups excluding carboxylic acids is 5. The van der Waals surface area contributed by atoms with Crippen LogP contribution in [0, 0.1) is 5.41 Å². The fraction of sp³-hybridized carbons (Fsp3) is 0.389. The van der Waals surface area contributed by atoms with Gasteiger partial charge in [0.15, 0.2) is 0 Å². The van der Waals surface area contributed by atoms with Gasteiger partial charge in [0.25, 0.3) is 11.8 Å². The lowest BCUT2D eigenvalue weighted by Gasteiger charge is -2.38. The van der Waals surface area contributed by atoms with Gasteiger partial charge in [0.2, 0.25) is 11.8 Å². The minimum Gasteiger partial charge on any atom is -0.277 e. The average molecular weight is 357 g/mol. The molecule has 0 aromatic heterocycles. The highest BCUT2D eigenvalue weighted by atomic mass is 16.2. The lowest BCUT2D eigenvalue weighted by molar-refractivity contribution is -0.152. The Morgan fingerprint density at radius 3 is 1.85 bits per heavy atom. The SMILES string of the molecule is CCC1(CC)C(=O)NC(=O)N(CCN2C(=O)c3ccccc3C2=O)C1=O. The first-order chi connectivity index (χ1) is 12.4. The molecular weight excluding hydrogens is 338 g/mol. The third kappa shape index (κ3) is 2.40. The second kappa shape index (κ2) is 6.36. The molecule has 1 saturated heterocycles. The van der Waals surface area contributed by atoms with Crippen molar-refractivity contribution in [2.24, 2.45) is 5.41 Å². The number of hydrogen-bond acceptors (Lipinski definition) is 5. The van der Waals surface area contributed by atoms with E-state index in [0.717, 1.165) is 9.80 Å². The maximum atomic E-state index is 12.8. The highest BCUT2D eigenvalue weighted by molar-refractivity contribution is 6.21. The van der Waals surface area contributed by atoms with Crippen LogP contribution in [0.2, 0.25) is 0 Å². The van der Waals surface area contributed by atoms with Crippen molar-refractivity contribution in [2.45, 2.75) is 26.7 Å². The molecular formula is C18H19N3O5. The van der Waals surface area contributed by atoms with Crippen molar-refractivity contribution in [3.05, 3.63) is 35.4 Å². The van der Waals surface area contributed by atoms with E-state index < -0.39 is 35.1 Å². The molecule has 26 heavy (non-hydrogen) atoms. The lowest BCUT2D eigenvalue weighted by Crippen LogP contribution is -2.64. The number of carbonyl (C=O) groups is 5. The number of nitrogens with one attached hydrogen (secondary N) is 1. The number of fused-ring (bicyclic) bond motifs is 1. The second-order valence-electron chi connectivity index (χ2n) is 6.31. The zero-order chi connectivity index (χ0) is 19.1. The molecule has 2 heterocycles. The summed E-state index contributed by atoms with van der Waals surface area (Å²) in [6, 6.07) is 5.63. The van der Waals surface area contributed by atoms with Gasteiger partial charge in [0, 0.05) is 13.1 Å². The summed E-state index contributed by atoms with van der Waals surface area (Å²) in [7, 11) is 0. The molecule has 1 fully saturated rings. The van der Waals surface area contributed by atoms with E-state index in [1.807, 2.05) is 0 Å². The Kier molecular flexibility index (Phi) is 4.35. The Hall–Kier alpha value is -3.03. The van der Waals surface area contributed by atoms with Crippen LogP contribution in [0.3, 0.4) is 0 Å². The molecule has 1 aromatic carbocycles. The van der Waals surface area contributed by atoms with Gasteiger partial charge in [-0.1, -0.05) is 26.0 Å². The average Bonchev–Trinajstić information content (AvgIpc) is 2.87. The van der Waals surface area contributed by atoms with Crippen LogP contribution in [-0.2, 0) is 9.59 Å². The Bertz CT molecular complexity index is 793. The fourth-order valence-electron chi connectivity index (χ4n) is 3.45. The highest BCUT2D eigenvalue weighted by Crippen LogP contribution is 2.32. The minimum atomic E-state index is -1.30. The van der Waals surface area contributed by atoms with Crippen molar-refractivity contribution in [1.82, 2.24) is 15.1 Å². The van der Waals surface area contributed by atoms with Crippen LogP contribution in [0.25, 0.3) is 0 Å². The molecule has 2 aliphatic rings. The first-order valence-electron chi connectivity index (χ1n) is 8.50. The molecule has 0 atom stereocenters. The van der Waals surface area contributed by atoms with Gasteiger partial charge in [-0.15, -0.1) is 0 Å². The summed E-state index contributed by atoms with van der Waals surface area (Å²) in [4.78, 5) is 63.7. The molecule has 0 radical (unpaired) electrons. The van der Waals surface area contributed by atoms with Crippen LogP contribution in [0.5, 0.6) is 0 Å². The van der Waals surface area contributed by atoms with Gasteiger partial charge >= 0.3 is 6.03 Å². The second-order valence-corrected chi connectivity index (χ2v) is 6.31. The summed E-state index contributed by atoms with van der Waals surface area (Å²) in [5, 5.41) is 2.21. The number of barbiturate groups is 1. The van der Waals surface area contributed by atoms with Crippen LogP contribution in [0.4, 0.5) is 4.79 Å². The first kappa shape index (κ1) is 17.8. The van der Waals surface area contributed by atoms with E-state index in [4.69, 9.17) is 0 Å². The number of benzene rings is 1. The molecule has 0 spiro atoms. The Morgan fingerprint density at radius 2 is 1.35 bits per heavy atom. The van der Waals surface area contributed by atoms with Gasteiger partial charge in [-0.2, -0.15) is 0 Å². The van der Waals surface area contributed by atoms with E-state index >= 15 is 0 Å². The van der Waals surface area contributed by atoms with E-state index in [1.165, 1.54) is 0 Å². The van der Waals surface area contributed by atoms with Crippen molar-refractivity contribution < 1.29 is 24.0 Å². The van der Waals surface area contributed by atoms with Gasteiger partial charge in [0.05, 0.1) is 11.1 Å². The molecule has 0 saturated carbocycles. The molecule has 8 heteroatoms. The largest absolute Gasteiger partial charge is 0.330 e. The topological polar surface area (TPSA) is 104 Å². The molecule has 1 aromatic rings. The van der Waals surface area contributed by atoms with E-state index in [9.17, 15) is 24.0 Å². The number of rotatable bonds is 5. The third-order valence-electron chi connectivity index (χ3n) is 5.19. The number of imide groups is 3. The molecule has 3 rings (SSSR count). The van der Waals surface area contributed by atoms with Gasteiger partial charge in [-0.05, 0) is 25.0 Å². The van der Waals surface area contributed by atoms with Crippen molar-refractivity contribution in [2.75, 3.05) is 13.1 Å². The van der Waals surface area contributed by atoms with Gasteiger partial charge in [0.1, 0.15) is 5.41 Å². The summed E-state index contributed by atoms with van der Waals surface area (Å²) in [6.45, 7) is 3.13. The quantitative estimate of drug-likeness (QED) is 0.629. The number of nitrogens with zero attached hydrogens (tertiary/aromatic N) is 2. The van der Waals surface area contributed by atoms with E-state index in [0.29, 0.717) is 11.1 Å². The maximum absolute atomic E-state index is 12.8. The van der Waals surface area contributed by atoms with Crippen LogP contribution in [-0.4, -0.2) is 52.5 Å². The molecule has 8 nitrogen and oxygen atoms in total. The predicted molar refractivity (Wildman–Crippen MR) is 90.1 cm³/mol. The summed E-state index contributed by atoms with van der Waals surface area (Å²) in [5.74, 6) is -2.10. The van der Waals surface area contributed by atoms with Gasteiger partial charge in [-0.3, -0.25) is 34.3 Å². The Balaban J connectivity index is 1.78. The maximum Gasteiger partial charge on any atom is 0.330 e. The summed E-state index contributed by atoms with van der Waals surface area (Å²) in [5.41, 5.74) is -0.687.